The first-order chi connectivity index (χ1) is 17.4. The second-order valence-corrected chi connectivity index (χ2v) is 10.8. The average molecular weight is 522 g/mol. The number of amides is 3. The number of aryl methyl sites for hydroxylation is 1. The molecule has 2 aromatic carbocycles. The van der Waals surface area contributed by atoms with E-state index in [4.69, 9.17) is 12.2 Å². The summed E-state index contributed by atoms with van der Waals surface area (Å²) in [4.78, 5) is 43.1. The van der Waals surface area contributed by atoms with Crippen LogP contribution in [0, 0.1) is 6.92 Å². The van der Waals surface area contributed by atoms with Crippen LogP contribution >= 0.6 is 24.0 Å². The van der Waals surface area contributed by atoms with Crippen molar-refractivity contribution in [3.8, 4) is 0 Å². The van der Waals surface area contributed by atoms with Crippen LogP contribution in [0.1, 0.15) is 56.6 Å². The van der Waals surface area contributed by atoms with Crippen molar-refractivity contribution in [2.45, 2.75) is 52.4 Å². The van der Waals surface area contributed by atoms with Gasteiger partial charge in [-0.15, -0.1) is 0 Å². The monoisotopic (exact) mass is 521 g/mol. The Morgan fingerprint density at radius 1 is 0.917 bits per heavy atom. The van der Waals surface area contributed by atoms with E-state index in [1.165, 1.54) is 35.9 Å². The summed E-state index contributed by atoms with van der Waals surface area (Å²) in [5, 5.41) is 2.85. The minimum Gasteiger partial charge on any atom is -0.325 e. The molecule has 0 saturated carbocycles. The van der Waals surface area contributed by atoms with E-state index in [1.54, 1.807) is 11.0 Å². The molecule has 2 aromatic rings. The molecule has 2 heterocycles. The zero-order valence-corrected chi connectivity index (χ0v) is 22.3. The zero-order valence-electron chi connectivity index (χ0n) is 20.7. The first kappa shape index (κ1) is 26.1. The lowest BCUT2D eigenvalue weighted by Crippen LogP contribution is -2.35. The normalized spacial score (nSPS) is 17.2. The highest BCUT2D eigenvalue weighted by molar-refractivity contribution is 8.26. The van der Waals surface area contributed by atoms with Crippen LogP contribution in [-0.2, 0) is 14.4 Å². The second kappa shape index (κ2) is 11.8. The lowest BCUT2D eigenvalue weighted by Gasteiger charge is -2.17. The molecule has 4 rings (SSSR count). The number of benzene rings is 2. The summed E-state index contributed by atoms with van der Waals surface area (Å²) in [6.07, 6.45) is 6.71. The number of thioether (sulfide) groups is 1. The number of carbonyl (C=O) groups excluding carboxylic acids is 3. The summed E-state index contributed by atoms with van der Waals surface area (Å²) in [7, 11) is 0. The third-order valence-electron chi connectivity index (χ3n) is 6.37. The summed E-state index contributed by atoms with van der Waals surface area (Å²) in [6, 6.07) is 14.8. The van der Waals surface area contributed by atoms with Gasteiger partial charge in [-0.3, -0.25) is 24.2 Å². The van der Waals surface area contributed by atoms with Crippen molar-refractivity contribution >= 4 is 63.0 Å². The molecule has 0 aliphatic carbocycles. The molecule has 0 atom stereocenters. The van der Waals surface area contributed by atoms with E-state index in [0.29, 0.717) is 38.3 Å². The van der Waals surface area contributed by atoms with Crippen LogP contribution in [0.3, 0.4) is 0 Å². The molecule has 2 aliphatic heterocycles. The van der Waals surface area contributed by atoms with Gasteiger partial charge >= 0.3 is 0 Å². The Hall–Kier alpha value is -2.97. The van der Waals surface area contributed by atoms with E-state index in [9.17, 15) is 14.4 Å². The largest absolute Gasteiger partial charge is 0.325 e. The summed E-state index contributed by atoms with van der Waals surface area (Å²) in [6.45, 7) is 4.58. The Kier molecular flexibility index (Phi) is 8.59. The number of nitrogens with zero attached hydrogens (tertiary/aromatic N) is 2. The van der Waals surface area contributed by atoms with E-state index in [-0.39, 0.29) is 24.3 Å². The van der Waals surface area contributed by atoms with Crippen LogP contribution in [0.2, 0.25) is 0 Å². The van der Waals surface area contributed by atoms with E-state index >= 15 is 0 Å². The van der Waals surface area contributed by atoms with Crippen molar-refractivity contribution in [3.05, 3.63) is 64.6 Å². The number of hydrogen-bond donors (Lipinski definition) is 1. The summed E-state index contributed by atoms with van der Waals surface area (Å²) in [5.41, 5.74) is 3.37. The lowest BCUT2D eigenvalue weighted by molar-refractivity contribution is -0.122. The SMILES string of the molecule is CCCCCCCCN1C(=O)C(=C2C(=O)N(CC(=O)Nc3ccc(C)cc3)c3ccccc32)SC1=S. The van der Waals surface area contributed by atoms with Crippen LogP contribution in [0.4, 0.5) is 11.4 Å². The van der Waals surface area contributed by atoms with Gasteiger partial charge in [0.2, 0.25) is 5.91 Å². The molecule has 3 amide bonds. The van der Waals surface area contributed by atoms with Gasteiger partial charge in [-0.05, 0) is 31.5 Å². The van der Waals surface area contributed by atoms with Gasteiger partial charge in [-0.2, -0.15) is 0 Å². The number of unbranched alkanes of at least 4 members (excludes halogenated alkanes) is 5. The second-order valence-electron chi connectivity index (χ2n) is 9.12. The molecule has 2 aliphatic rings. The standard InChI is InChI=1S/C28H31N3O3S2/c1-3-4-5-6-7-10-17-30-27(34)25(36-28(30)35)24-21-11-8-9-12-22(21)31(26(24)33)18-23(32)29-20-15-13-19(2)14-16-20/h8-9,11-16H,3-7,10,17-18H2,1-2H3,(H,29,32). The van der Waals surface area contributed by atoms with Gasteiger partial charge in [-0.25, -0.2) is 0 Å². The third-order valence-corrected chi connectivity index (χ3v) is 7.82. The van der Waals surface area contributed by atoms with Gasteiger partial charge in [0.15, 0.2) is 0 Å². The minimum atomic E-state index is -0.352. The zero-order chi connectivity index (χ0) is 25.7. The number of carbonyl (C=O) groups is 3. The third kappa shape index (κ3) is 5.71. The van der Waals surface area contributed by atoms with Gasteiger partial charge in [0.05, 0.1) is 16.2 Å². The molecule has 0 unspecified atom stereocenters. The van der Waals surface area contributed by atoms with Crippen LogP contribution in [0.15, 0.2) is 53.4 Å². The Morgan fingerprint density at radius 3 is 2.36 bits per heavy atom. The number of thiocarbonyl (C=S) groups is 1. The predicted molar refractivity (Wildman–Crippen MR) is 151 cm³/mol. The molecule has 8 heteroatoms. The molecule has 188 valence electrons. The van der Waals surface area contributed by atoms with Gasteiger partial charge in [0.25, 0.3) is 11.8 Å². The maximum atomic E-state index is 13.6. The molecule has 6 nitrogen and oxygen atoms in total. The fourth-order valence-electron chi connectivity index (χ4n) is 4.43. The summed E-state index contributed by atoms with van der Waals surface area (Å²) < 4.78 is 0.483. The highest BCUT2D eigenvalue weighted by Crippen LogP contribution is 2.44. The number of hydrogen-bond acceptors (Lipinski definition) is 5. The van der Waals surface area contributed by atoms with Crippen molar-refractivity contribution < 1.29 is 14.4 Å². The van der Waals surface area contributed by atoms with Crippen LogP contribution < -0.4 is 10.2 Å². The number of anilines is 2. The first-order valence-corrected chi connectivity index (χ1v) is 13.7. The van der Waals surface area contributed by atoms with Crippen LogP contribution in [0.5, 0.6) is 0 Å². The Bertz CT molecular complexity index is 1210. The first-order valence-electron chi connectivity index (χ1n) is 12.5. The molecule has 0 bridgehead atoms. The van der Waals surface area contributed by atoms with Crippen molar-refractivity contribution in [1.29, 1.82) is 0 Å². The van der Waals surface area contributed by atoms with Gasteiger partial charge < -0.3 is 5.32 Å². The minimum absolute atomic E-state index is 0.148. The number of rotatable bonds is 10. The van der Waals surface area contributed by atoms with Crippen molar-refractivity contribution in [3.63, 3.8) is 0 Å². The van der Waals surface area contributed by atoms with Crippen molar-refractivity contribution in [1.82, 2.24) is 4.90 Å². The molecule has 1 N–H and O–H groups in total. The number of nitrogens with one attached hydrogen (secondary N) is 1. The molecule has 36 heavy (non-hydrogen) atoms. The van der Waals surface area contributed by atoms with Gasteiger partial charge in [0, 0.05) is 17.8 Å². The topological polar surface area (TPSA) is 69.7 Å². The van der Waals surface area contributed by atoms with E-state index in [0.717, 1.165) is 24.8 Å². The van der Waals surface area contributed by atoms with Crippen LogP contribution in [-0.4, -0.2) is 40.0 Å². The molecule has 1 saturated heterocycles. The molecule has 0 radical (unpaired) electrons. The van der Waals surface area contributed by atoms with Crippen molar-refractivity contribution in [2.24, 2.45) is 0 Å². The summed E-state index contributed by atoms with van der Waals surface area (Å²) >= 11 is 6.70. The van der Waals surface area contributed by atoms with Crippen molar-refractivity contribution in [2.75, 3.05) is 23.3 Å². The van der Waals surface area contributed by atoms with Gasteiger partial charge in [-0.1, -0.05) is 98.9 Å². The maximum absolute atomic E-state index is 13.6. The molecule has 1 fully saturated rings. The summed E-state index contributed by atoms with van der Waals surface area (Å²) in [5.74, 6) is -0.878. The Morgan fingerprint density at radius 2 is 1.61 bits per heavy atom. The maximum Gasteiger partial charge on any atom is 0.267 e. The molecular weight excluding hydrogens is 490 g/mol. The highest BCUT2D eigenvalue weighted by Gasteiger charge is 2.42. The fourth-order valence-corrected chi connectivity index (χ4v) is 5.81. The quantitative estimate of drug-likeness (QED) is 0.239. The highest BCUT2D eigenvalue weighted by atomic mass is 32.2. The van der Waals surface area contributed by atoms with Gasteiger partial charge in [0.1, 0.15) is 10.9 Å². The van der Waals surface area contributed by atoms with E-state index < -0.39 is 0 Å². The molecule has 0 spiro atoms. The lowest BCUT2D eigenvalue weighted by atomic mass is 10.1. The van der Waals surface area contributed by atoms with Crippen LogP contribution in [0.25, 0.3) is 5.57 Å². The fraction of sp³-hybridized carbons (Fsp3) is 0.357. The predicted octanol–water partition coefficient (Wildman–Crippen LogP) is 5.91. The van der Waals surface area contributed by atoms with E-state index in [1.807, 2.05) is 49.4 Å². The average Bonchev–Trinajstić information content (AvgIpc) is 3.29. The Balaban J connectivity index is 1.50. The Labute approximate surface area is 222 Å². The number of para-hydroxylation sites is 1. The van der Waals surface area contributed by atoms with E-state index in [2.05, 4.69) is 12.2 Å². The molecular formula is C28H31N3O3S2. The number of fused-ring (bicyclic) bond motifs is 1. The smallest absolute Gasteiger partial charge is 0.267 e. The molecule has 0 aromatic heterocycles.